The zero-order valence-corrected chi connectivity index (χ0v) is 10.9. The van der Waals surface area contributed by atoms with Gasteiger partial charge in [0.25, 0.3) is 0 Å². The molecule has 1 fully saturated rings. The van der Waals surface area contributed by atoms with Crippen LogP contribution in [0.3, 0.4) is 0 Å². The Balaban J connectivity index is 2.03. The SMILES string of the molecule is CC=C(C)CCC(=O)OCCN1CCOCC1. The number of ether oxygens (including phenoxy) is 2. The van der Waals surface area contributed by atoms with Gasteiger partial charge in [0, 0.05) is 26.1 Å². The molecule has 1 aliphatic rings. The summed E-state index contributed by atoms with van der Waals surface area (Å²) < 4.78 is 10.4. The molecule has 0 aromatic rings. The van der Waals surface area contributed by atoms with E-state index in [2.05, 4.69) is 4.90 Å². The molecule has 4 nitrogen and oxygen atoms in total. The number of nitrogens with zero attached hydrogens (tertiary/aromatic N) is 1. The number of carbonyl (C=O) groups is 1. The van der Waals surface area contributed by atoms with E-state index in [0.29, 0.717) is 13.0 Å². The van der Waals surface area contributed by atoms with Gasteiger partial charge in [-0.05, 0) is 20.3 Å². The number of carbonyl (C=O) groups excluding carboxylic acids is 1. The average Bonchev–Trinajstić information content (AvgIpc) is 2.37. The van der Waals surface area contributed by atoms with Crippen LogP contribution in [0.2, 0.25) is 0 Å². The molecule has 0 amide bonds. The number of hydrogen-bond acceptors (Lipinski definition) is 4. The van der Waals surface area contributed by atoms with Crippen molar-refractivity contribution in [2.45, 2.75) is 26.7 Å². The molecular weight excluding hydrogens is 218 g/mol. The first-order chi connectivity index (χ1) is 8.22. The van der Waals surface area contributed by atoms with Crippen molar-refractivity contribution in [3.8, 4) is 0 Å². The van der Waals surface area contributed by atoms with E-state index in [9.17, 15) is 4.79 Å². The second-order valence-corrected chi connectivity index (χ2v) is 4.31. The molecule has 0 radical (unpaired) electrons. The Morgan fingerprint density at radius 2 is 2.06 bits per heavy atom. The van der Waals surface area contributed by atoms with Crippen LogP contribution in [0.25, 0.3) is 0 Å². The van der Waals surface area contributed by atoms with Crippen LogP contribution in [0.5, 0.6) is 0 Å². The summed E-state index contributed by atoms with van der Waals surface area (Å²) in [6.07, 6.45) is 3.31. The second kappa shape index (κ2) is 8.25. The molecule has 1 heterocycles. The molecule has 0 aliphatic carbocycles. The Kier molecular flexibility index (Phi) is 6.89. The summed E-state index contributed by atoms with van der Waals surface area (Å²) in [7, 11) is 0. The van der Waals surface area contributed by atoms with Crippen LogP contribution in [-0.2, 0) is 14.3 Å². The molecular formula is C13H23NO3. The summed E-state index contributed by atoms with van der Waals surface area (Å²) in [4.78, 5) is 13.7. The number of morpholine rings is 1. The van der Waals surface area contributed by atoms with Crippen LogP contribution >= 0.6 is 0 Å². The average molecular weight is 241 g/mol. The third-order valence-electron chi connectivity index (χ3n) is 2.99. The Bertz CT molecular complexity index is 257. The van der Waals surface area contributed by atoms with Gasteiger partial charge in [0.2, 0.25) is 0 Å². The van der Waals surface area contributed by atoms with Crippen LogP contribution in [0.15, 0.2) is 11.6 Å². The highest BCUT2D eigenvalue weighted by Gasteiger charge is 2.10. The van der Waals surface area contributed by atoms with Gasteiger partial charge < -0.3 is 9.47 Å². The number of hydrogen-bond donors (Lipinski definition) is 0. The van der Waals surface area contributed by atoms with E-state index in [0.717, 1.165) is 39.3 Å². The first-order valence-electron chi connectivity index (χ1n) is 6.30. The molecule has 17 heavy (non-hydrogen) atoms. The number of rotatable bonds is 6. The second-order valence-electron chi connectivity index (χ2n) is 4.31. The largest absolute Gasteiger partial charge is 0.464 e. The van der Waals surface area contributed by atoms with Crippen LogP contribution in [0.1, 0.15) is 26.7 Å². The highest BCUT2D eigenvalue weighted by molar-refractivity contribution is 5.69. The van der Waals surface area contributed by atoms with Crippen LogP contribution in [-0.4, -0.2) is 50.3 Å². The third-order valence-corrected chi connectivity index (χ3v) is 2.99. The van der Waals surface area contributed by atoms with Crippen LogP contribution in [0, 0.1) is 0 Å². The van der Waals surface area contributed by atoms with Crippen molar-refractivity contribution in [1.82, 2.24) is 4.90 Å². The molecule has 0 bridgehead atoms. The Hall–Kier alpha value is -0.870. The molecule has 0 aromatic carbocycles. The first kappa shape index (κ1) is 14.2. The molecule has 1 rings (SSSR count). The van der Waals surface area contributed by atoms with E-state index >= 15 is 0 Å². The van der Waals surface area contributed by atoms with Gasteiger partial charge in [-0.25, -0.2) is 0 Å². The van der Waals surface area contributed by atoms with Crippen LogP contribution < -0.4 is 0 Å². The molecule has 4 heteroatoms. The summed E-state index contributed by atoms with van der Waals surface area (Å²) in [6, 6.07) is 0. The van der Waals surface area contributed by atoms with Gasteiger partial charge in [0.05, 0.1) is 13.2 Å². The first-order valence-corrected chi connectivity index (χ1v) is 6.30. The third kappa shape index (κ3) is 6.44. The van der Waals surface area contributed by atoms with Gasteiger partial charge in [0.15, 0.2) is 0 Å². The van der Waals surface area contributed by atoms with Crippen molar-refractivity contribution in [3.63, 3.8) is 0 Å². The predicted octanol–water partition coefficient (Wildman–Crippen LogP) is 1.61. The summed E-state index contributed by atoms with van der Waals surface area (Å²) in [5.74, 6) is -0.0977. The minimum Gasteiger partial charge on any atom is -0.464 e. The van der Waals surface area contributed by atoms with E-state index in [1.807, 2.05) is 19.9 Å². The van der Waals surface area contributed by atoms with Gasteiger partial charge in [-0.3, -0.25) is 9.69 Å². The molecule has 98 valence electrons. The van der Waals surface area contributed by atoms with Crippen molar-refractivity contribution >= 4 is 5.97 Å². The lowest BCUT2D eigenvalue weighted by Gasteiger charge is -2.26. The van der Waals surface area contributed by atoms with Crippen molar-refractivity contribution in [1.29, 1.82) is 0 Å². The van der Waals surface area contributed by atoms with Crippen molar-refractivity contribution < 1.29 is 14.3 Å². The zero-order valence-electron chi connectivity index (χ0n) is 10.9. The number of allylic oxidation sites excluding steroid dienone is 2. The lowest BCUT2D eigenvalue weighted by atomic mass is 10.1. The molecule has 0 saturated carbocycles. The Morgan fingerprint density at radius 3 is 2.71 bits per heavy atom. The van der Waals surface area contributed by atoms with Crippen molar-refractivity contribution in [2.24, 2.45) is 0 Å². The van der Waals surface area contributed by atoms with E-state index < -0.39 is 0 Å². The normalized spacial score (nSPS) is 18.1. The van der Waals surface area contributed by atoms with E-state index in [4.69, 9.17) is 9.47 Å². The minimum absolute atomic E-state index is 0.0977. The summed E-state index contributed by atoms with van der Waals surface area (Å²) in [6.45, 7) is 8.78. The topological polar surface area (TPSA) is 38.8 Å². The maximum absolute atomic E-state index is 11.4. The summed E-state index contributed by atoms with van der Waals surface area (Å²) in [5, 5.41) is 0. The maximum atomic E-state index is 11.4. The maximum Gasteiger partial charge on any atom is 0.306 e. The van der Waals surface area contributed by atoms with E-state index in [-0.39, 0.29) is 5.97 Å². The van der Waals surface area contributed by atoms with Gasteiger partial charge in [-0.1, -0.05) is 11.6 Å². The Labute approximate surface area is 104 Å². The molecule has 1 aliphatic heterocycles. The molecule has 0 aromatic heterocycles. The Morgan fingerprint density at radius 1 is 1.35 bits per heavy atom. The van der Waals surface area contributed by atoms with E-state index in [1.165, 1.54) is 5.57 Å². The predicted molar refractivity (Wildman–Crippen MR) is 66.9 cm³/mol. The lowest BCUT2D eigenvalue weighted by Crippen LogP contribution is -2.38. The molecule has 0 atom stereocenters. The highest BCUT2D eigenvalue weighted by atomic mass is 16.5. The lowest BCUT2D eigenvalue weighted by molar-refractivity contribution is -0.144. The summed E-state index contributed by atoms with van der Waals surface area (Å²) in [5.41, 5.74) is 1.23. The molecule has 1 saturated heterocycles. The molecule has 0 unspecified atom stereocenters. The van der Waals surface area contributed by atoms with Crippen LogP contribution in [0.4, 0.5) is 0 Å². The monoisotopic (exact) mass is 241 g/mol. The fourth-order valence-electron chi connectivity index (χ4n) is 1.63. The highest BCUT2D eigenvalue weighted by Crippen LogP contribution is 2.04. The fraction of sp³-hybridized carbons (Fsp3) is 0.769. The molecule has 0 N–H and O–H groups in total. The quantitative estimate of drug-likeness (QED) is 0.523. The standard InChI is InChI=1S/C13H23NO3/c1-3-12(2)4-5-13(15)17-11-8-14-6-9-16-10-7-14/h3H,4-11H2,1-2H3. The van der Waals surface area contributed by atoms with E-state index in [1.54, 1.807) is 0 Å². The van der Waals surface area contributed by atoms with Gasteiger partial charge >= 0.3 is 5.97 Å². The number of esters is 1. The smallest absolute Gasteiger partial charge is 0.306 e. The fourth-order valence-corrected chi connectivity index (χ4v) is 1.63. The summed E-state index contributed by atoms with van der Waals surface area (Å²) >= 11 is 0. The van der Waals surface area contributed by atoms with Gasteiger partial charge in [0.1, 0.15) is 6.61 Å². The van der Waals surface area contributed by atoms with Gasteiger partial charge in [-0.15, -0.1) is 0 Å². The van der Waals surface area contributed by atoms with Crippen molar-refractivity contribution in [3.05, 3.63) is 11.6 Å². The van der Waals surface area contributed by atoms with Crippen molar-refractivity contribution in [2.75, 3.05) is 39.5 Å². The zero-order chi connectivity index (χ0) is 12.5. The molecule has 0 spiro atoms. The minimum atomic E-state index is -0.0977. The van der Waals surface area contributed by atoms with Gasteiger partial charge in [-0.2, -0.15) is 0 Å².